The molecule has 0 spiro atoms. The lowest BCUT2D eigenvalue weighted by atomic mass is 10.0. The third kappa shape index (κ3) is 7.61. The highest BCUT2D eigenvalue weighted by molar-refractivity contribution is 5.94. The van der Waals surface area contributed by atoms with E-state index in [1.54, 1.807) is 0 Å². The molecule has 0 aromatic carbocycles. The molecule has 0 aromatic rings. The van der Waals surface area contributed by atoms with Crippen molar-refractivity contribution >= 4 is 17.9 Å². The first-order valence-corrected chi connectivity index (χ1v) is 5.84. The Balaban J connectivity index is 3.95. The average molecular weight is 259 g/mol. The van der Waals surface area contributed by atoms with E-state index in [1.807, 2.05) is 13.8 Å². The van der Waals surface area contributed by atoms with Crippen LogP contribution in [-0.4, -0.2) is 42.6 Å². The minimum absolute atomic E-state index is 0.0509. The lowest BCUT2D eigenvalue weighted by Gasteiger charge is -2.16. The summed E-state index contributed by atoms with van der Waals surface area (Å²) >= 11 is 0. The number of amides is 3. The Morgan fingerprint density at radius 1 is 1.22 bits per heavy atom. The summed E-state index contributed by atoms with van der Waals surface area (Å²) in [5.74, 6) is -1.13. The number of carbonyl (C=O) groups is 3. The Morgan fingerprint density at radius 3 is 2.28 bits per heavy atom. The molecule has 1 atom stereocenters. The molecule has 0 bridgehead atoms. The molecule has 0 aliphatic heterocycles. The zero-order chi connectivity index (χ0) is 14.1. The summed E-state index contributed by atoms with van der Waals surface area (Å²) in [4.78, 5) is 32.9. The second-order valence-corrected chi connectivity index (χ2v) is 4.35. The van der Waals surface area contributed by atoms with Gasteiger partial charge in [0.25, 0.3) is 0 Å². The number of imide groups is 1. The Kier molecular flexibility index (Phi) is 7.69. The molecule has 7 nitrogen and oxygen atoms in total. The van der Waals surface area contributed by atoms with Gasteiger partial charge in [-0.1, -0.05) is 13.8 Å². The molecule has 18 heavy (non-hydrogen) atoms. The van der Waals surface area contributed by atoms with E-state index in [-0.39, 0.29) is 18.9 Å². The molecule has 0 saturated heterocycles. The van der Waals surface area contributed by atoms with Gasteiger partial charge in [-0.15, -0.1) is 0 Å². The molecule has 0 aliphatic carbocycles. The van der Waals surface area contributed by atoms with Crippen LogP contribution in [-0.2, 0) is 9.59 Å². The van der Waals surface area contributed by atoms with E-state index in [1.165, 1.54) is 7.05 Å². The smallest absolute Gasteiger partial charge is 0.321 e. The summed E-state index contributed by atoms with van der Waals surface area (Å²) in [7, 11) is 1.41. The van der Waals surface area contributed by atoms with Crippen molar-refractivity contribution in [2.24, 2.45) is 5.92 Å². The number of carbonyl (C=O) groups excluding carboxylic acids is 2. The molecule has 0 aromatic heterocycles. The first-order valence-electron chi connectivity index (χ1n) is 5.84. The molecular weight excluding hydrogens is 238 g/mol. The minimum atomic E-state index is -0.935. The van der Waals surface area contributed by atoms with E-state index in [9.17, 15) is 14.4 Å². The molecule has 3 amide bonds. The van der Waals surface area contributed by atoms with Gasteiger partial charge >= 0.3 is 12.0 Å². The topological polar surface area (TPSA) is 108 Å². The van der Waals surface area contributed by atoms with Gasteiger partial charge in [-0.05, 0) is 12.3 Å². The van der Waals surface area contributed by atoms with Crippen LogP contribution in [0.1, 0.15) is 26.7 Å². The lowest BCUT2D eigenvalue weighted by Crippen LogP contribution is -2.42. The molecule has 0 rings (SSSR count). The van der Waals surface area contributed by atoms with Crippen LogP contribution in [0.15, 0.2) is 0 Å². The third-order valence-electron chi connectivity index (χ3n) is 2.23. The largest absolute Gasteiger partial charge is 0.480 e. The monoisotopic (exact) mass is 259 g/mol. The fourth-order valence-corrected chi connectivity index (χ4v) is 1.35. The van der Waals surface area contributed by atoms with Crippen molar-refractivity contribution in [2.75, 3.05) is 13.6 Å². The van der Waals surface area contributed by atoms with Gasteiger partial charge in [-0.25, -0.2) is 4.79 Å². The van der Waals surface area contributed by atoms with E-state index in [0.717, 1.165) is 0 Å². The van der Waals surface area contributed by atoms with Crippen molar-refractivity contribution in [1.29, 1.82) is 0 Å². The molecule has 7 heteroatoms. The number of hydrogen-bond acceptors (Lipinski definition) is 4. The number of aliphatic carboxylic acids is 1. The standard InChI is InChI=1S/C11H21N3O4/c1-7(2)6-8(10(16)17)13-5-4-9(15)14-11(18)12-3/h7-8,13H,4-6H2,1-3H3,(H,16,17)(H2,12,14,15,18). The highest BCUT2D eigenvalue weighted by Gasteiger charge is 2.18. The molecule has 0 radical (unpaired) electrons. The van der Waals surface area contributed by atoms with E-state index >= 15 is 0 Å². The number of rotatable bonds is 7. The lowest BCUT2D eigenvalue weighted by molar-refractivity contribution is -0.140. The van der Waals surface area contributed by atoms with Crippen molar-refractivity contribution in [2.45, 2.75) is 32.7 Å². The Bertz CT molecular complexity index is 305. The Hall–Kier alpha value is -1.63. The number of hydrogen-bond donors (Lipinski definition) is 4. The van der Waals surface area contributed by atoms with Gasteiger partial charge in [0, 0.05) is 20.0 Å². The van der Waals surface area contributed by atoms with Crippen LogP contribution < -0.4 is 16.0 Å². The van der Waals surface area contributed by atoms with Gasteiger partial charge in [-0.3, -0.25) is 14.9 Å². The molecule has 0 saturated carbocycles. The van der Waals surface area contributed by atoms with Crippen LogP contribution >= 0.6 is 0 Å². The Labute approximate surface area is 106 Å². The average Bonchev–Trinajstić information content (AvgIpc) is 2.26. The fraction of sp³-hybridized carbons (Fsp3) is 0.727. The minimum Gasteiger partial charge on any atom is -0.480 e. The molecule has 0 fully saturated rings. The third-order valence-corrected chi connectivity index (χ3v) is 2.23. The SMILES string of the molecule is CNC(=O)NC(=O)CCNC(CC(C)C)C(=O)O. The van der Waals surface area contributed by atoms with Crippen LogP contribution in [0.5, 0.6) is 0 Å². The number of carboxylic acid groups (broad SMARTS) is 1. The molecule has 0 heterocycles. The maximum absolute atomic E-state index is 11.2. The predicted octanol–water partition coefficient (Wildman–Crippen LogP) is -0.0790. The molecule has 104 valence electrons. The van der Waals surface area contributed by atoms with Crippen molar-refractivity contribution < 1.29 is 19.5 Å². The summed E-state index contributed by atoms with van der Waals surface area (Å²) < 4.78 is 0. The fourth-order valence-electron chi connectivity index (χ4n) is 1.35. The zero-order valence-corrected chi connectivity index (χ0v) is 10.9. The normalized spacial score (nSPS) is 12.0. The zero-order valence-electron chi connectivity index (χ0n) is 10.9. The van der Waals surface area contributed by atoms with Crippen LogP contribution in [0.3, 0.4) is 0 Å². The van der Waals surface area contributed by atoms with Crippen LogP contribution in [0.4, 0.5) is 4.79 Å². The summed E-state index contributed by atoms with van der Waals surface area (Å²) in [6, 6.07) is -1.24. The summed E-state index contributed by atoms with van der Waals surface area (Å²) in [6.07, 6.45) is 0.543. The van der Waals surface area contributed by atoms with E-state index in [4.69, 9.17) is 5.11 Å². The number of urea groups is 1. The molecule has 0 aliphatic rings. The maximum atomic E-state index is 11.2. The van der Waals surface area contributed by atoms with Gasteiger partial charge in [0.15, 0.2) is 0 Å². The Morgan fingerprint density at radius 2 is 1.83 bits per heavy atom. The second-order valence-electron chi connectivity index (χ2n) is 4.35. The van der Waals surface area contributed by atoms with E-state index in [2.05, 4.69) is 16.0 Å². The first kappa shape index (κ1) is 16.4. The van der Waals surface area contributed by atoms with Crippen molar-refractivity contribution in [3.63, 3.8) is 0 Å². The summed E-state index contributed by atoms with van der Waals surface area (Å²) in [6.45, 7) is 4.07. The van der Waals surface area contributed by atoms with Crippen LogP contribution in [0, 0.1) is 5.92 Å². The van der Waals surface area contributed by atoms with Crippen molar-refractivity contribution in [3.8, 4) is 0 Å². The molecule has 1 unspecified atom stereocenters. The summed E-state index contributed by atoms with van der Waals surface area (Å²) in [5.41, 5.74) is 0. The van der Waals surface area contributed by atoms with Gasteiger partial charge in [0.1, 0.15) is 6.04 Å². The van der Waals surface area contributed by atoms with Gasteiger partial charge in [-0.2, -0.15) is 0 Å². The maximum Gasteiger partial charge on any atom is 0.321 e. The van der Waals surface area contributed by atoms with E-state index < -0.39 is 23.9 Å². The van der Waals surface area contributed by atoms with E-state index in [0.29, 0.717) is 6.42 Å². The van der Waals surface area contributed by atoms with Crippen LogP contribution in [0.2, 0.25) is 0 Å². The molecule has 4 N–H and O–H groups in total. The molecular formula is C11H21N3O4. The second kappa shape index (κ2) is 8.46. The van der Waals surface area contributed by atoms with Crippen molar-refractivity contribution in [1.82, 2.24) is 16.0 Å². The first-order chi connectivity index (χ1) is 8.36. The predicted molar refractivity (Wildman–Crippen MR) is 66.1 cm³/mol. The van der Waals surface area contributed by atoms with Gasteiger partial charge < -0.3 is 15.7 Å². The quantitative estimate of drug-likeness (QED) is 0.511. The highest BCUT2D eigenvalue weighted by Crippen LogP contribution is 2.04. The summed E-state index contributed by atoms with van der Waals surface area (Å²) in [5, 5.41) is 16.1. The number of nitrogens with one attached hydrogen (secondary N) is 3. The van der Waals surface area contributed by atoms with Crippen molar-refractivity contribution in [3.05, 3.63) is 0 Å². The highest BCUT2D eigenvalue weighted by atomic mass is 16.4. The van der Waals surface area contributed by atoms with Gasteiger partial charge in [0.2, 0.25) is 5.91 Å². The van der Waals surface area contributed by atoms with Gasteiger partial charge in [0.05, 0.1) is 0 Å². The van der Waals surface area contributed by atoms with Crippen LogP contribution in [0.25, 0.3) is 0 Å². The number of carboxylic acids is 1.